The molecule has 1 aromatic heterocycles. The highest BCUT2D eigenvalue weighted by Gasteiger charge is 2.51. The summed E-state index contributed by atoms with van der Waals surface area (Å²) < 4.78 is 0.930. The van der Waals surface area contributed by atoms with Gasteiger partial charge in [-0.05, 0) is 43.2 Å². The summed E-state index contributed by atoms with van der Waals surface area (Å²) in [6, 6.07) is 15.2. The van der Waals surface area contributed by atoms with Crippen molar-refractivity contribution < 1.29 is 9.59 Å². The van der Waals surface area contributed by atoms with E-state index in [4.69, 9.17) is 0 Å². The van der Waals surface area contributed by atoms with E-state index in [1.54, 1.807) is 11.1 Å². The molecular weight excluding hydrogens is 444 g/mol. The summed E-state index contributed by atoms with van der Waals surface area (Å²) in [7, 11) is 0. The average Bonchev–Trinajstić information content (AvgIpc) is 3.09. The number of hydrogen-bond donors (Lipinski definition) is 1. The maximum absolute atomic E-state index is 13.3. The van der Waals surface area contributed by atoms with E-state index in [0.29, 0.717) is 6.42 Å². The number of carbonyl (C=O) groups excluding carboxylic acids is 2. The third-order valence-corrected chi connectivity index (χ3v) is 6.52. The molecule has 0 bridgehead atoms. The van der Waals surface area contributed by atoms with Crippen LogP contribution in [0.2, 0.25) is 0 Å². The summed E-state index contributed by atoms with van der Waals surface area (Å²) in [6.45, 7) is 3.94. The number of amides is 2. The highest BCUT2D eigenvalue weighted by Crippen LogP contribution is 2.42. The van der Waals surface area contributed by atoms with Gasteiger partial charge in [-0.15, -0.1) is 0 Å². The molecule has 1 saturated heterocycles. The molecule has 2 aliphatic rings. The molecule has 2 aromatic carbocycles. The summed E-state index contributed by atoms with van der Waals surface area (Å²) in [6.07, 6.45) is 2.10. The van der Waals surface area contributed by atoms with Crippen LogP contribution in [-0.4, -0.2) is 45.5 Å². The van der Waals surface area contributed by atoms with E-state index in [2.05, 4.69) is 32.1 Å². The maximum Gasteiger partial charge on any atom is 0.266 e. The van der Waals surface area contributed by atoms with Gasteiger partial charge in [0.25, 0.3) is 5.91 Å². The minimum Gasteiger partial charge on any atom is -0.356 e. The van der Waals surface area contributed by atoms with E-state index in [1.165, 1.54) is 5.01 Å². The van der Waals surface area contributed by atoms with Gasteiger partial charge in [-0.25, -0.2) is 5.01 Å². The number of nitrogens with one attached hydrogen (secondary N) is 1. The number of para-hydroxylation sites is 1. The van der Waals surface area contributed by atoms with Crippen molar-refractivity contribution in [3.05, 3.63) is 69.8 Å². The van der Waals surface area contributed by atoms with Gasteiger partial charge in [0.05, 0.1) is 11.8 Å². The van der Waals surface area contributed by atoms with Crippen LogP contribution in [0.1, 0.15) is 30.7 Å². The van der Waals surface area contributed by atoms with Gasteiger partial charge in [0.2, 0.25) is 5.91 Å². The normalized spacial score (nSPS) is 20.7. The molecule has 0 saturated carbocycles. The van der Waals surface area contributed by atoms with Gasteiger partial charge < -0.3 is 9.88 Å². The molecule has 1 fully saturated rings. The molecule has 0 radical (unpaired) electrons. The Morgan fingerprint density at radius 2 is 1.97 bits per heavy atom. The van der Waals surface area contributed by atoms with Gasteiger partial charge in [-0.2, -0.15) is 5.10 Å². The van der Waals surface area contributed by atoms with Crippen molar-refractivity contribution in [3.63, 3.8) is 0 Å². The molecule has 1 atom stereocenters. The second kappa shape index (κ2) is 6.80. The minimum absolute atomic E-state index is 0.0567. The van der Waals surface area contributed by atoms with Crippen molar-refractivity contribution in [2.45, 2.75) is 31.8 Å². The molecule has 0 unspecified atom stereocenters. The molecule has 30 heavy (non-hydrogen) atoms. The number of aromatic nitrogens is 1. The predicted octanol–water partition coefficient (Wildman–Crippen LogP) is 3.80. The van der Waals surface area contributed by atoms with Crippen molar-refractivity contribution in [1.29, 1.82) is 0 Å². The lowest BCUT2D eigenvalue weighted by molar-refractivity contribution is -0.163. The number of carbonyl (C=O) groups is 2. The van der Waals surface area contributed by atoms with Gasteiger partial charge in [0.15, 0.2) is 0 Å². The van der Waals surface area contributed by atoms with Crippen LogP contribution in [0, 0.1) is 0 Å². The first-order valence-electron chi connectivity index (χ1n) is 9.89. The SMILES string of the molecule is CC1(C)c2[nH]c3ccccc3c2C[C@H]2C(=O)N(/N=C/c3cccc(Br)c3)CC(=O)N21. The Hall–Kier alpha value is -2.93. The zero-order valence-electron chi connectivity index (χ0n) is 16.7. The zero-order valence-corrected chi connectivity index (χ0v) is 18.3. The van der Waals surface area contributed by atoms with Crippen molar-refractivity contribution >= 4 is 44.9 Å². The van der Waals surface area contributed by atoms with Crippen molar-refractivity contribution in [3.8, 4) is 0 Å². The van der Waals surface area contributed by atoms with Gasteiger partial charge in [0.1, 0.15) is 12.6 Å². The van der Waals surface area contributed by atoms with E-state index in [0.717, 1.165) is 32.2 Å². The maximum atomic E-state index is 13.3. The summed E-state index contributed by atoms with van der Waals surface area (Å²) in [5.41, 5.74) is 3.39. The van der Waals surface area contributed by atoms with Gasteiger partial charge >= 0.3 is 0 Å². The number of fused-ring (bicyclic) bond motifs is 4. The van der Waals surface area contributed by atoms with E-state index in [9.17, 15) is 9.59 Å². The number of halogens is 1. The van der Waals surface area contributed by atoms with Crippen LogP contribution in [0.15, 0.2) is 58.1 Å². The van der Waals surface area contributed by atoms with Crippen LogP contribution in [0.25, 0.3) is 10.9 Å². The average molecular weight is 465 g/mol. The molecule has 3 heterocycles. The molecule has 7 heteroatoms. The quantitative estimate of drug-likeness (QED) is 0.586. The van der Waals surface area contributed by atoms with Crippen molar-refractivity contribution in [2.75, 3.05) is 6.54 Å². The predicted molar refractivity (Wildman–Crippen MR) is 119 cm³/mol. The van der Waals surface area contributed by atoms with Crippen LogP contribution in [0.4, 0.5) is 0 Å². The van der Waals surface area contributed by atoms with Crippen LogP contribution < -0.4 is 0 Å². The minimum atomic E-state index is -0.607. The topological polar surface area (TPSA) is 68.8 Å². The molecule has 2 amide bonds. The van der Waals surface area contributed by atoms with Gasteiger partial charge in [-0.1, -0.05) is 46.3 Å². The van der Waals surface area contributed by atoms with Crippen molar-refractivity contribution in [2.24, 2.45) is 5.10 Å². The monoisotopic (exact) mass is 464 g/mol. The fourth-order valence-corrected chi connectivity index (χ4v) is 5.10. The lowest BCUT2D eigenvalue weighted by atomic mass is 9.82. The van der Waals surface area contributed by atoms with Crippen LogP contribution >= 0.6 is 15.9 Å². The smallest absolute Gasteiger partial charge is 0.266 e. The van der Waals surface area contributed by atoms with Gasteiger partial charge in [-0.3, -0.25) is 9.59 Å². The summed E-state index contributed by atoms with van der Waals surface area (Å²) in [5, 5.41) is 6.77. The number of hydrogen-bond acceptors (Lipinski definition) is 3. The summed E-state index contributed by atoms with van der Waals surface area (Å²) in [4.78, 5) is 31.7. The number of rotatable bonds is 2. The highest BCUT2D eigenvalue weighted by atomic mass is 79.9. The molecule has 5 rings (SSSR count). The first-order valence-corrected chi connectivity index (χ1v) is 10.7. The largest absolute Gasteiger partial charge is 0.356 e. The van der Waals surface area contributed by atoms with E-state index >= 15 is 0 Å². The number of aromatic amines is 1. The Morgan fingerprint density at radius 1 is 1.17 bits per heavy atom. The second-order valence-corrected chi connectivity index (χ2v) is 9.18. The molecule has 0 spiro atoms. The molecule has 6 nitrogen and oxygen atoms in total. The lowest BCUT2D eigenvalue weighted by Gasteiger charge is -2.50. The first-order chi connectivity index (χ1) is 14.4. The van der Waals surface area contributed by atoms with Crippen molar-refractivity contribution in [1.82, 2.24) is 14.9 Å². The number of benzene rings is 2. The molecule has 3 aromatic rings. The van der Waals surface area contributed by atoms with E-state index in [1.807, 2.05) is 56.3 Å². The number of H-pyrrole nitrogens is 1. The van der Waals surface area contributed by atoms with Crippen LogP contribution in [-0.2, 0) is 21.5 Å². The number of piperazine rings is 1. The fourth-order valence-electron chi connectivity index (χ4n) is 4.69. The zero-order chi connectivity index (χ0) is 21.0. The van der Waals surface area contributed by atoms with Crippen LogP contribution in [0.5, 0.6) is 0 Å². The fraction of sp³-hybridized carbons (Fsp3) is 0.261. The standard InChI is InChI=1S/C23H21BrN4O2/c1-23(2)21-17(16-8-3-4-9-18(16)26-21)11-19-22(30)27(13-20(29)28(19)23)25-12-14-6-5-7-15(24)10-14/h3-10,12,19,26H,11,13H2,1-2H3/b25-12+/t19-/m0/s1. The number of hydrazone groups is 1. The Labute approximate surface area is 182 Å². The first kappa shape index (κ1) is 19.1. The molecule has 152 valence electrons. The molecule has 1 N–H and O–H groups in total. The number of nitrogens with zero attached hydrogens (tertiary/aromatic N) is 3. The Bertz CT molecular complexity index is 1210. The second-order valence-electron chi connectivity index (χ2n) is 8.26. The third-order valence-electron chi connectivity index (χ3n) is 6.02. The van der Waals surface area contributed by atoms with E-state index in [-0.39, 0.29) is 18.4 Å². The van der Waals surface area contributed by atoms with Crippen LogP contribution in [0.3, 0.4) is 0 Å². The molecule has 0 aliphatic carbocycles. The van der Waals surface area contributed by atoms with E-state index < -0.39 is 11.6 Å². The Morgan fingerprint density at radius 3 is 2.77 bits per heavy atom. The Kier molecular flexibility index (Phi) is 4.32. The third kappa shape index (κ3) is 2.88. The summed E-state index contributed by atoms with van der Waals surface area (Å²) >= 11 is 3.43. The highest BCUT2D eigenvalue weighted by molar-refractivity contribution is 9.10. The molecular formula is C23H21BrN4O2. The Balaban J connectivity index is 1.52. The lowest BCUT2D eigenvalue weighted by Crippen LogP contribution is -2.66. The van der Waals surface area contributed by atoms with Gasteiger partial charge in [0, 0.05) is 27.5 Å². The summed E-state index contributed by atoms with van der Waals surface area (Å²) in [5.74, 6) is -0.245. The molecule has 2 aliphatic heterocycles.